The highest BCUT2D eigenvalue weighted by Crippen LogP contribution is 2.25. The van der Waals surface area contributed by atoms with Gasteiger partial charge in [-0.3, -0.25) is 9.36 Å². The molecule has 0 spiro atoms. The van der Waals surface area contributed by atoms with Crippen LogP contribution in [0.1, 0.15) is 18.7 Å². The van der Waals surface area contributed by atoms with E-state index in [-0.39, 0.29) is 11.7 Å². The van der Waals surface area contributed by atoms with Crippen LogP contribution in [0.3, 0.4) is 0 Å². The summed E-state index contributed by atoms with van der Waals surface area (Å²) in [5.41, 5.74) is 1.35. The smallest absolute Gasteiger partial charge is 0.262 e. The number of ether oxygens (including phenoxy) is 1. The van der Waals surface area contributed by atoms with Crippen LogP contribution in [-0.4, -0.2) is 42.5 Å². The van der Waals surface area contributed by atoms with Crippen molar-refractivity contribution in [2.45, 2.75) is 36.4 Å². The van der Waals surface area contributed by atoms with E-state index in [1.807, 2.05) is 30.3 Å². The lowest BCUT2D eigenvalue weighted by atomic mass is 10.2. The van der Waals surface area contributed by atoms with Crippen LogP contribution in [0.5, 0.6) is 0 Å². The number of thioether (sulfide) groups is 1. The van der Waals surface area contributed by atoms with Crippen LogP contribution in [0, 0.1) is 0 Å². The van der Waals surface area contributed by atoms with Crippen molar-refractivity contribution in [2.24, 2.45) is 0 Å². The van der Waals surface area contributed by atoms with Crippen molar-refractivity contribution in [3.05, 3.63) is 69.7 Å². The van der Waals surface area contributed by atoms with E-state index in [1.165, 1.54) is 11.8 Å². The average molecular weight is 455 g/mol. The Balaban J connectivity index is 1.50. The molecule has 2 aromatic carbocycles. The first-order valence-corrected chi connectivity index (χ1v) is 11.3. The zero-order chi connectivity index (χ0) is 21.2. The minimum Gasteiger partial charge on any atom is -0.376 e. The standard InChI is InChI=1S/C21H19ClN6O2S/c22-14-8-9-17-18(11-14)23-21(27(20(17)29)12-16-7-4-10-30-16)31-13-19-24-25-26-28(19)15-5-2-1-3-6-15/h1-3,5-6,8-9,11,16H,4,7,10,12-13H2. The number of nitrogens with zero attached hydrogens (tertiary/aromatic N) is 6. The monoisotopic (exact) mass is 454 g/mol. The van der Waals surface area contributed by atoms with Crippen LogP contribution < -0.4 is 5.56 Å². The topological polar surface area (TPSA) is 87.7 Å². The number of para-hydroxylation sites is 1. The average Bonchev–Trinajstić information content (AvgIpc) is 3.47. The van der Waals surface area contributed by atoms with Crippen LogP contribution in [0.15, 0.2) is 58.5 Å². The Morgan fingerprint density at radius 1 is 1.19 bits per heavy atom. The Hall–Kier alpha value is -2.75. The number of tetrazole rings is 1. The van der Waals surface area contributed by atoms with E-state index in [0.29, 0.717) is 39.2 Å². The van der Waals surface area contributed by atoms with Gasteiger partial charge in [0.1, 0.15) is 0 Å². The molecule has 8 nitrogen and oxygen atoms in total. The molecule has 4 aromatic rings. The van der Waals surface area contributed by atoms with Crippen LogP contribution in [0.2, 0.25) is 5.02 Å². The molecule has 1 aliphatic heterocycles. The maximum absolute atomic E-state index is 13.3. The predicted octanol–water partition coefficient (Wildman–Crippen LogP) is 3.50. The molecule has 1 fully saturated rings. The van der Waals surface area contributed by atoms with Crippen molar-refractivity contribution in [3.63, 3.8) is 0 Å². The quantitative estimate of drug-likeness (QED) is 0.325. The van der Waals surface area contributed by atoms with Crippen LogP contribution in [-0.2, 0) is 17.0 Å². The molecule has 3 heterocycles. The highest BCUT2D eigenvalue weighted by Gasteiger charge is 2.21. The van der Waals surface area contributed by atoms with Crippen LogP contribution >= 0.6 is 23.4 Å². The van der Waals surface area contributed by atoms with Crippen LogP contribution in [0.25, 0.3) is 16.6 Å². The zero-order valence-corrected chi connectivity index (χ0v) is 18.1. The third-order valence-corrected chi connectivity index (χ3v) is 6.37. The number of fused-ring (bicyclic) bond motifs is 1. The summed E-state index contributed by atoms with van der Waals surface area (Å²) in [6.07, 6.45) is 1.95. The molecule has 0 bridgehead atoms. The highest BCUT2D eigenvalue weighted by molar-refractivity contribution is 7.98. The van der Waals surface area contributed by atoms with Gasteiger partial charge in [-0.2, -0.15) is 4.68 Å². The Labute approximate surface area is 187 Å². The fourth-order valence-corrected chi connectivity index (χ4v) is 4.71. The molecule has 10 heteroatoms. The summed E-state index contributed by atoms with van der Waals surface area (Å²) >= 11 is 7.56. The van der Waals surface area contributed by atoms with Gasteiger partial charge in [0.15, 0.2) is 11.0 Å². The van der Waals surface area contributed by atoms with E-state index in [2.05, 4.69) is 15.5 Å². The van der Waals surface area contributed by atoms with Gasteiger partial charge >= 0.3 is 0 Å². The number of halogens is 1. The SMILES string of the molecule is O=c1c2ccc(Cl)cc2nc(SCc2nnnn2-c2ccccc2)n1CC1CCCO1. The van der Waals surface area contributed by atoms with E-state index in [4.69, 9.17) is 21.3 Å². The second kappa shape index (κ2) is 8.78. The third kappa shape index (κ3) is 4.21. The fourth-order valence-electron chi connectivity index (χ4n) is 3.63. The summed E-state index contributed by atoms with van der Waals surface area (Å²) in [6, 6.07) is 14.8. The molecular formula is C21H19ClN6O2S. The lowest BCUT2D eigenvalue weighted by Gasteiger charge is -2.16. The number of rotatable bonds is 6. The molecule has 1 atom stereocenters. The molecule has 5 rings (SSSR count). The van der Waals surface area contributed by atoms with Gasteiger partial charge in [-0.25, -0.2) is 4.98 Å². The molecule has 0 saturated carbocycles. The van der Waals surface area contributed by atoms with Gasteiger partial charge in [0.2, 0.25) is 0 Å². The minimum atomic E-state index is -0.0951. The molecule has 31 heavy (non-hydrogen) atoms. The summed E-state index contributed by atoms with van der Waals surface area (Å²) < 4.78 is 9.16. The van der Waals surface area contributed by atoms with E-state index < -0.39 is 0 Å². The van der Waals surface area contributed by atoms with Gasteiger partial charge in [-0.15, -0.1) is 5.10 Å². The van der Waals surface area contributed by atoms with Gasteiger partial charge < -0.3 is 4.74 Å². The maximum Gasteiger partial charge on any atom is 0.262 e. The minimum absolute atomic E-state index is 0.0123. The summed E-state index contributed by atoms with van der Waals surface area (Å²) in [5.74, 6) is 1.12. The highest BCUT2D eigenvalue weighted by atomic mass is 35.5. The number of hydrogen-bond acceptors (Lipinski definition) is 7. The van der Waals surface area contributed by atoms with E-state index in [9.17, 15) is 4.79 Å². The zero-order valence-electron chi connectivity index (χ0n) is 16.5. The first kappa shape index (κ1) is 20.2. The van der Waals surface area contributed by atoms with E-state index in [1.54, 1.807) is 27.4 Å². The lowest BCUT2D eigenvalue weighted by Crippen LogP contribution is -2.28. The summed E-state index contributed by atoms with van der Waals surface area (Å²) in [6.45, 7) is 1.20. The molecule has 2 aromatic heterocycles. The van der Waals surface area contributed by atoms with Crippen molar-refractivity contribution in [2.75, 3.05) is 6.61 Å². The van der Waals surface area contributed by atoms with Gasteiger partial charge in [0.25, 0.3) is 5.56 Å². The molecule has 1 aliphatic rings. The first-order valence-electron chi connectivity index (χ1n) is 9.96. The summed E-state index contributed by atoms with van der Waals surface area (Å²) in [7, 11) is 0. The lowest BCUT2D eigenvalue weighted by molar-refractivity contribution is 0.0937. The summed E-state index contributed by atoms with van der Waals surface area (Å²) in [5, 5.41) is 13.8. The van der Waals surface area contributed by atoms with Gasteiger partial charge in [-0.05, 0) is 53.6 Å². The van der Waals surface area contributed by atoms with Crippen molar-refractivity contribution < 1.29 is 4.74 Å². The summed E-state index contributed by atoms with van der Waals surface area (Å²) in [4.78, 5) is 18.0. The third-order valence-electron chi connectivity index (χ3n) is 5.16. The number of aromatic nitrogens is 6. The molecule has 1 unspecified atom stereocenters. The second-order valence-corrected chi connectivity index (χ2v) is 8.62. The van der Waals surface area contributed by atoms with Crippen LogP contribution in [0.4, 0.5) is 0 Å². The Kier molecular flexibility index (Phi) is 5.71. The van der Waals surface area contributed by atoms with Crippen molar-refractivity contribution in [3.8, 4) is 5.69 Å². The molecule has 0 radical (unpaired) electrons. The van der Waals surface area contributed by atoms with E-state index in [0.717, 1.165) is 25.1 Å². The van der Waals surface area contributed by atoms with E-state index >= 15 is 0 Å². The number of benzene rings is 2. The Bertz CT molecular complexity index is 1270. The molecule has 158 valence electrons. The molecule has 0 amide bonds. The Morgan fingerprint density at radius 2 is 2.06 bits per heavy atom. The molecular weight excluding hydrogens is 436 g/mol. The molecule has 0 aliphatic carbocycles. The normalized spacial score (nSPS) is 16.2. The van der Waals surface area contributed by atoms with Crippen molar-refractivity contribution in [1.29, 1.82) is 0 Å². The fraction of sp³-hybridized carbons (Fsp3) is 0.286. The van der Waals surface area contributed by atoms with Gasteiger partial charge in [0.05, 0.1) is 35.0 Å². The molecule has 1 saturated heterocycles. The first-order chi connectivity index (χ1) is 15.2. The largest absolute Gasteiger partial charge is 0.376 e. The van der Waals surface area contributed by atoms with Crippen molar-refractivity contribution in [1.82, 2.24) is 29.8 Å². The van der Waals surface area contributed by atoms with Gasteiger partial charge in [-0.1, -0.05) is 41.6 Å². The maximum atomic E-state index is 13.3. The predicted molar refractivity (Wildman–Crippen MR) is 119 cm³/mol. The Morgan fingerprint density at radius 3 is 2.87 bits per heavy atom. The second-order valence-electron chi connectivity index (χ2n) is 7.24. The van der Waals surface area contributed by atoms with Crippen molar-refractivity contribution >= 4 is 34.3 Å². The number of hydrogen-bond donors (Lipinski definition) is 0. The molecule has 0 N–H and O–H groups in total. The van der Waals surface area contributed by atoms with Gasteiger partial charge in [0, 0.05) is 11.6 Å².